The van der Waals surface area contributed by atoms with E-state index in [1.165, 1.54) is 12.3 Å². The van der Waals surface area contributed by atoms with Crippen molar-refractivity contribution in [2.24, 2.45) is 0 Å². The van der Waals surface area contributed by atoms with Gasteiger partial charge in [0.25, 0.3) is 0 Å². The van der Waals surface area contributed by atoms with Crippen LogP contribution in [0.3, 0.4) is 0 Å². The van der Waals surface area contributed by atoms with Gasteiger partial charge in [0.2, 0.25) is 0 Å². The van der Waals surface area contributed by atoms with Crippen LogP contribution in [0.1, 0.15) is 16.1 Å². The van der Waals surface area contributed by atoms with E-state index >= 15 is 0 Å². The average molecular weight is 190 g/mol. The predicted octanol–water partition coefficient (Wildman–Crippen LogP) is 0.503. The van der Waals surface area contributed by atoms with Gasteiger partial charge >= 0.3 is 5.97 Å². The first-order valence-corrected chi connectivity index (χ1v) is 4.06. The smallest absolute Gasteiger partial charge is 0.337 e. The van der Waals surface area contributed by atoms with Gasteiger partial charge < -0.3 is 10.4 Å². The quantitative estimate of drug-likeness (QED) is 0.536. The minimum Gasteiger partial charge on any atom is -0.478 e. The van der Waals surface area contributed by atoms with Crippen LogP contribution in [0.25, 0.3) is 0 Å². The molecule has 0 aliphatic rings. The van der Waals surface area contributed by atoms with E-state index in [-0.39, 0.29) is 5.56 Å². The van der Waals surface area contributed by atoms with Gasteiger partial charge in [-0.3, -0.25) is 4.98 Å². The summed E-state index contributed by atoms with van der Waals surface area (Å²) < 4.78 is 0. The van der Waals surface area contributed by atoms with Crippen molar-refractivity contribution in [3.05, 3.63) is 29.6 Å². The van der Waals surface area contributed by atoms with Gasteiger partial charge in [-0.15, -0.1) is 6.42 Å². The largest absolute Gasteiger partial charge is 0.478 e. The van der Waals surface area contributed by atoms with E-state index in [4.69, 9.17) is 11.5 Å². The lowest BCUT2D eigenvalue weighted by Crippen LogP contribution is -2.14. The van der Waals surface area contributed by atoms with Crippen LogP contribution in [-0.2, 0) is 6.54 Å². The Kier molecular flexibility index (Phi) is 3.65. The second-order valence-electron chi connectivity index (χ2n) is 2.65. The molecule has 0 spiro atoms. The highest BCUT2D eigenvalue weighted by molar-refractivity contribution is 5.87. The van der Waals surface area contributed by atoms with Gasteiger partial charge in [0.1, 0.15) is 0 Å². The highest BCUT2D eigenvalue weighted by Crippen LogP contribution is 1.99. The summed E-state index contributed by atoms with van der Waals surface area (Å²) in [5.74, 6) is 1.46. The molecular weight excluding hydrogens is 180 g/mol. The van der Waals surface area contributed by atoms with Gasteiger partial charge in [0.15, 0.2) is 0 Å². The first-order chi connectivity index (χ1) is 6.74. The minimum absolute atomic E-state index is 0.186. The van der Waals surface area contributed by atoms with Gasteiger partial charge in [-0.05, 0) is 12.1 Å². The number of hydrogen-bond donors (Lipinski definition) is 2. The van der Waals surface area contributed by atoms with Crippen LogP contribution in [0.2, 0.25) is 0 Å². The zero-order valence-corrected chi connectivity index (χ0v) is 7.53. The molecule has 14 heavy (non-hydrogen) atoms. The van der Waals surface area contributed by atoms with Crippen LogP contribution in [0.5, 0.6) is 0 Å². The lowest BCUT2D eigenvalue weighted by molar-refractivity contribution is 0.0696. The first-order valence-electron chi connectivity index (χ1n) is 4.06. The number of carbonyl (C=O) groups is 1. The number of pyridine rings is 1. The van der Waals surface area contributed by atoms with Crippen molar-refractivity contribution < 1.29 is 9.90 Å². The fraction of sp³-hybridized carbons (Fsp3) is 0.200. The summed E-state index contributed by atoms with van der Waals surface area (Å²) in [6, 6.07) is 3.18. The van der Waals surface area contributed by atoms with Crippen molar-refractivity contribution in [3.63, 3.8) is 0 Å². The molecule has 0 aliphatic carbocycles. The molecule has 0 atom stereocenters. The summed E-state index contributed by atoms with van der Waals surface area (Å²) in [7, 11) is 0. The summed E-state index contributed by atoms with van der Waals surface area (Å²) in [5, 5.41) is 11.6. The molecule has 72 valence electrons. The van der Waals surface area contributed by atoms with Crippen molar-refractivity contribution in [2.75, 3.05) is 6.54 Å². The minimum atomic E-state index is -0.972. The Hall–Kier alpha value is -1.86. The van der Waals surface area contributed by atoms with Crippen LogP contribution < -0.4 is 5.32 Å². The summed E-state index contributed by atoms with van der Waals surface area (Å²) in [6.45, 7) is 1.02. The van der Waals surface area contributed by atoms with Crippen LogP contribution >= 0.6 is 0 Å². The lowest BCUT2D eigenvalue weighted by Gasteiger charge is -2.00. The molecule has 0 radical (unpaired) electrons. The number of aromatic carboxylic acids is 1. The molecule has 1 rings (SSSR count). The Morgan fingerprint density at radius 3 is 2.93 bits per heavy atom. The maximum absolute atomic E-state index is 10.5. The SMILES string of the molecule is C#CCNCc1ccc(C(=O)O)cn1. The van der Waals surface area contributed by atoms with E-state index in [1.54, 1.807) is 6.07 Å². The molecule has 0 unspecified atom stereocenters. The molecule has 1 aromatic heterocycles. The molecule has 0 fully saturated rings. The third-order valence-electron chi connectivity index (χ3n) is 1.60. The molecule has 1 heterocycles. The van der Waals surface area contributed by atoms with Crippen molar-refractivity contribution in [2.45, 2.75) is 6.54 Å². The van der Waals surface area contributed by atoms with E-state index < -0.39 is 5.97 Å². The number of hydrogen-bond acceptors (Lipinski definition) is 3. The highest BCUT2D eigenvalue weighted by Gasteiger charge is 2.01. The number of rotatable bonds is 4. The maximum Gasteiger partial charge on any atom is 0.337 e. The Morgan fingerprint density at radius 2 is 2.43 bits per heavy atom. The van der Waals surface area contributed by atoms with Crippen molar-refractivity contribution >= 4 is 5.97 Å². The molecule has 2 N–H and O–H groups in total. The number of nitrogens with one attached hydrogen (secondary N) is 1. The van der Waals surface area contributed by atoms with E-state index in [1.807, 2.05) is 0 Å². The molecule has 0 aromatic carbocycles. The fourth-order valence-electron chi connectivity index (χ4n) is 0.918. The maximum atomic E-state index is 10.5. The molecule has 4 heteroatoms. The van der Waals surface area contributed by atoms with Crippen LogP contribution in [-0.4, -0.2) is 22.6 Å². The molecule has 0 saturated heterocycles. The van der Waals surface area contributed by atoms with Crippen LogP contribution in [0, 0.1) is 12.3 Å². The predicted molar refractivity (Wildman–Crippen MR) is 51.7 cm³/mol. The molecule has 0 bridgehead atoms. The number of carboxylic acid groups (broad SMARTS) is 1. The van der Waals surface area contributed by atoms with Crippen LogP contribution in [0.15, 0.2) is 18.3 Å². The van der Waals surface area contributed by atoms with Crippen molar-refractivity contribution in [1.29, 1.82) is 0 Å². The molecule has 0 aliphatic heterocycles. The lowest BCUT2D eigenvalue weighted by atomic mass is 10.2. The Balaban J connectivity index is 2.56. The fourth-order valence-corrected chi connectivity index (χ4v) is 0.918. The third-order valence-corrected chi connectivity index (χ3v) is 1.60. The highest BCUT2D eigenvalue weighted by atomic mass is 16.4. The van der Waals surface area contributed by atoms with Crippen molar-refractivity contribution in [3.8, 4) is 12.3 Å². The second-order valence-corrected chi connectivity index (χ2v) is 2.65. The summed E-state index contributed by atoms with van der Waals surface area (Å²) in [5.41, 5.74) is 0.955. The molecule has 1 aromatic rings. The van der Waals surface area contributed by atoms with Gasteiger partial charge in [0.05, 0.1) is 17.8 Å². The number of terminal acetylenes is 1. The van der Waals surface area contributed by atoms with Gasteiger partial charge in [0, 0.05) is 12.7 Å². The standard InChI is InChI=1S/C10H10N2O2/c1-2-5-11-7-9-4-3-8(6-12-9)10(13)14/h1,3-4,6,11H,5,7H2,(H,13,14). The monoisotopic (exact) mass is 190 g/mol. The van der Waals surface area contributed by atoms with Gasteiger partial charge in [-0.1, -0.05) is 5.92 Å². The summed E-state index contributed by atoms with van der Waals surface area (Å²) in [6.07, 6.45) is 6.37. The van der Waals surface area contributed by atoms with Crippen LogP contribution in [0.4, 0.5) is 0 Å². The average Bonchev–Trinajstić information content (AvgIpc) is 2.19. The second kappa shape index (κ2) is 5.00. The molecule has 0 amide bonds. The number of carboxylic acids is 1. The first kappa shape index (κ1) is 10.2. The molecule has 4 nitrogen and oxygen atoms in total. The third kappa shape index (κ3) is 2.88. The number of nitrogens with zero attached hydrogens (tertiary/aromatic N) is 1. The van der Waals surface area contributed by atoms with E-state index in [2.05, 4.69) is 16.2 Å². The number of aromatic nitrogens is 1. The van der Waals surface area contributed by atoms with E-state index in [0.29, 0.717) is 13.1 Å². The Bertz CT molecular complexity index is 351. The van der Waals surface area contributed by atoms with Gasteiger partial charge in [-0.2, -0.15) is 0 Å². The summed E-state index contributed by atoms with van der Waals surface area (Å²) >= 11 is 0. The molecule has 0 saturated carbocycles. The molecular formula is C10H10N2O2. The zero-order valence-electron chi connectivity index (χ0n) is 7.53. The topological polar surface area (TPSA) is 62.2 Å². The normalized spacial score (nSPS) is 9.36. The Labute approximate surface area is 82.0 Å². The van der Waals surface area contributed by atoms with E-state index in [0.717, 1.165) is 5.69 Å². The van der Waals surface area contributed by atoms with Crippen molar-refractivity contribution in [1.82, 2.24) is 10.3 Å². The van der Waals surface area contributed by atoms with Gasteiger partial charge in [-0.25, -0.2) is 4.79 Å². The van der Waals surface area contributed by atoms with E-state index in [9.17, 15) is 4.79 Å². The zero-order chi connectivity index (χ0) is 10.4. The summed E-state index contributed by atoms with van der Waals surface area (Å²) in [4.78, 5) is 14.5. The Morgan fingerprint density at radius 1 is 1.64 bits per heavy atom.